The van der Waals surface area contributed by atoms with Crippen molar-refractivity contribution in [2.45, 2.75) is 45.1 Å². The minimum atomic E-state index is 0.381. The minimum Gasteiger partial charge on any atom is -0.384 e. The fourth-order valence-corrected chi connectivity index (χ4v) is 2.67. The van der Waals surface area contributed by atoms with Crippen LogP contribution >= 0.6 is 0 Å². The molecule has 5 nitrogen and oxygen atoms in total. The zero-order valence-corrected chi connectivity index (χ0v) is 13.7. The molecular formula is C18H25N5. The van der Waals surface area contributed by atoms with Gasteiger partial charge in [0.25, 0.3) is 0 Å². The van der Waals surface area contributed by atoms with E-state index in [-0.39, 0.29) is 0 Å². The third-order valence-electron chi connectivity index (χ3n) is 3.90. The second-order valence-corrected chi connectivity index (χ2v) is 5.60. The number of aromatic amines is 1. The number of amidine groups is 1. The van der Waals surface area contributed by atoms with Crippen molar-refractivity contribution in [2.75, 3.05) is 0 Å². The maximum atomic E-state index is 5.99. The van der Waals surface area contributed by atoms with Gasteiger partial charge in [0, 0.05) is 6.20 Å². The Balaban J connectivity index is 2.01. The van der Waals surface area contributed by atoms with Crippen LogP contribution in [0.1, 0.15) is 50.5 Å². The predicted octanol–water partition coefficient (Wildman–Crippen LogP) is 3.73. The maximum absolute atomic E-state index is 5.99. The van der Waals surface area contributed by atoms with Gasteiger partial charge >= 0.3 is 0 Å². The Hall–Kier alpha value is -2.43. The number of allylic oxidation sites excluding steroid dienone is 3. The lowest BCUT2D eigenvalue weighted by Crippen LogP contribution is -2.16. The number of nitrogens with zero attached hydrogens (tertiary/aromatic N) is 3. The highest BCUT2D eigenvalue weighted by Gasteiger charge is 2.11. The standard InChI is InChI=1S/C18H25N5/c1-3-14(11-12-20-2)16-13-21-18(23-16)10-9-17(19)22-15-7-5-4-6-8-15/h3,9-13,15H,2,4-8H2,1H3,(H2,19,22)(H,21,23)/b10-9-,12-11-,14-3+. The van der Waals surface area contributed by atoms with E-state index in [0.717, 1.165) is 29.9 Å². The molecule has 122 valence electrons. The first-order valence-corrected chi connectivity index (χ1v) is 8.08. The van der Waals surface area contributed by atoms with E-state index in [4.69, 9.17) is 5.73 Å². The van der Waals surface area contributed by atoms with Gasteiger partial charge in [-0.25, -0.2) is 4.98 Å². The van der Waals surface area contributed by atoms with E-state index in [2.05, 4.69) is 26.7 Å². The SMILES string of the molecule is C=N/C=C\C(=C/C)c1cnc(/C=C\C(N)=NC2CCCCC2)[nH]1. The average molecular weight is 311 g/mol. The van der Waals surface area contributed by atoms with E-state index < -0.39 is 0 Å². The van der Waals surface area contributed by atoms with Crippen LogP contribution in [0.25, 0.3) is 11.6 Å². The number of imidazole rings is 1. The van der Waals surface area contributed by atoms with Gasteiger partial charge in [0.05, 0.1) is 17.9 Å². The lowest BCUT2D eigenvalue weighted by Gasteiger charge is -2.17. The Morgan fingerprint density at radius 1 is 1.35 bits per heavy atom. The Morgan fingerprint density at radius 2 is 2.13 bits per heavy atom. The van der Waals surface area contributed by atoms with Crippen molar-refractivity contribution in [1.29, 1.82) is 0 Å². The van der Waals surface area contributed by atoms with E-state index in [1.165, 1.54) is 19.3 Å². The van der Waals surface area contributed by atoms with E-state index in [9.17, 15) is 0 Å². The molecule has 1 aliphatic carbocycles. The molecule has 1 aromatic heterocycles. The number of aromatic nitrogens is 2. The van der Waals surface area contributed by atoms with E-state index >= 15 is 0 Å². The van der Waals surface area contributed by atoms with Gasteiger partial charge in [-0.2, -0.15) is 0 Å². The molecule has 0 radical (unpaired) electrons. The Labute approximate surface area is 137 Å². The number of aliphatic imine (C=N–C) groups is 2. The van der Waals surface area contributed by atoms with Gasteiger partial charge in [0.15, 0.2) is 0 Å². The van der Waals surface area contributed by atoms with Crippen LogP contribution < -0.4 is 5.73 Å². The van der Waals surface area contributed by atoms with Crippen LogP contribution in [0.5, 0.6) is 0 Å². The molecule has 1 aliphatic rings. The number of H-pyrrole nitrogens is 1. The van der Waals surface area contributed by atoms with E-state index in [1.54, 1.807) is 12.4 Å². The fraction of sp³-hybridized carbons (Fsp3) is 0.389. The van der Waals surface area contributed by atoms with Gasteiger partial charge in [-0.3, -0.25) is 9.98 Å². The number of nitrogens with two attached hydrogens (primary N) is 1. The van der Waals surface area contributed by atoms with Crippen molar-refractivity contribution in [2.24, 2.45) is 15.7 Å². The Kier molecular flexibility index (Phi) is 6.54. The molecule has 0 saturated heterocycles. The van der Waals surface area contributed by atoms with E-state index in [0.29, 0.717) is 11.9 Å². The lowest BCUT2D eigenvalue weighted by atomic mass is 9.96. The summed E-state index contributed by atoms with van der Waals surface area (Å²) in [6.45, 7) is 5.40. The number of nitrogens with one attached hydrogen (secondary N) is 1. The lowest BCUT2D eigenvalue weighted by molar-refractivity contribution is 0.443. The Bertz CT molecular complexity index is 628. The van der Waals surface area contributed by atoms with Gasteiger partial charge < -0.3 is 10.7 Å². The summed E-state index contributed by atoms with van der Waals surface area (Å²) < 4.78 is 0. The van der Waals surface area contributed by atoms with Crippen LogP contribution in [0.2, 0.25) is 0 Å². The predicted molar refractivity (Wildman–Crippen MR) is 98.5 cm³/mol. The number of rotatable bonds is 6. The quantitative estimate of drug-likeness (QED) is 0.477. The molecule has 1 fully saturated rings. The summed E-state index contributed by atoms with van der Waals surface area (Å²) in [5.41, 5.74) is 7.92. The summed E-state index contributed by atoms with van der Waals surface area (Å²) >= 11 is 0. The molecule has 0 aliphatic heterocycles. The Morgan fingerprint density at radius 3 is 2.83 bits per heavy atom. The zero-order valence-electron chi connectivity index (χ0n) is 13.7. The average Bonchev–Trinajstić information content (AvgIpc) is 3.03. The second-order valence-electron chi connectivity index (χ2n) is 5.60. The molecule has 1 aromatic rings. The first-order chi connectivity index (χ1) is 11.2. The van der Waals surface area contributed by atoms with Crippen molar-refractivity contribution in [1.82, 2.24) is 9.97 Å². The molecule has 1 saturated carbocycles. The first kappa shape index (κ1) is 16.9. The molecule has 0 atom stereocenters. The van der Waals surface area contributed by atoms with Crippen molar-refractivity contribution >= 4 is 24.2 Å². The molecule has 23 heavy (non-hydrogen) atoms. The van der Waals surface area contributed by atoms with Gasteiger partial charge in [0.1, 0.15) is 11.7 Å². The molecule has 3 N–H and O–H groups in total. The van der Waals surface area contributed by atoms with Crippen LogP contribution in [0.3, 0.4) is 0 Å². The summed E-state index contributed by atoms with van der Waals surface area (Å²) in [6, 6.07) is 0.381. The van der Waals surface area contributed by atoms with Crippen LogP contribution in [0.4, 0.5) is 0 Å². The topological polar surface area (TPSA) is 79.4 Å². The van der Waals surface area contributed by atoms with Crippen LogP contribution in [0, 0.1) is 0 Å². The highest BCUT2D eigenvalue weighted by molar-refractivity contribution is 5.94. The molecule has 0 amide bonds. The molecule has 2 rings (SSSR count). The van der Waals surface area contributed by atoms with Crippen molar-refractivity contribution < 1.29 is 0 Å². The minimum absolute atomic E-state index is 0.381. The molecule has 0 aromatic carbocycles. The highest BCUT2D eigenvalue weighted by atomic mass is 14.9. The fourth-order valence-electron chi connectivity index (χ4n) is 2.67. The molecule has 0 spiro atoms. The normalized spacial score (nSPS) is 18.1. The smallest absolute Gasteiger partial charge is 0.130 e. The highest BCUT2D eigenvalue weighted by Crippen LogP contribution is 2.20. The summed E-state index contributed by atoms with van der Waals surface area (Å²) in [5.74, 6) is 1.32. The molecule has 0 bridgehead atoms. The maximum Gasteiger partial charge on any atom is 0.130 e. The molecule has 5 heteroatoms. The van der Waals surface area contributed by atoms with E-state index in [1.807, 2.05) is 31.2 Å². The summed E-state index contributed by atoms with van der Waals surface area (Å²) in [7, 11) is 0. The van der Waals surface area contributed by atoms with Gasteiger partial charge in [-0.05, 0) is 50.3 Å². The van der Waals surface area contributed by atoms with Crippen molar-refractivity contribution in [3.05, 3.63) is 42.1 Å². The summed E-state index contributed by atoms with van der Waals surface area (Å²) in [4.78, 5) is 15.9. The van der Waals surface area contributed by atoms with Crippen LogP contribution in [0.15, 0.2) is 40.6 Å². The van der Waals surface area contributed by atoms with Gasteiger partial charge in [-0.1, -0.05) is 25.3 Å². The van der Waals surface area contributed by atoms with Gasteiger partial charge in [0.2, 0.25) is 0 Å². The largest absolute Gasteiger partial charge is 0.384 e. The monoisotopic (exact) mass is 311 g/mol. The number of hydrogen-bond donors (Lipinski definition) is 2. The van der Waals surface area contributed by atoms with Crippen LogP contribution in [-0.2, 0) is 0 Å². The first-order valence-electron chi connectivity index (χ1n) is 8.08. The summed E-state index contributed by atoms with van der Waals surface area (Å²) in [6.07, 6.45) is 17.1. The zero-order chi connectivity index (χ0) is 16.5. The third-order valence-corrected chi connectivity index (χ3v) is 3.90. The van der Waals surface area contributed by atoms with Crippen molar-refractivity contribution in [3.63, 3.8) is 0 Å². The van der Waals surface area contributed by atoms with Crippen molar-refractivity contribution in [3.8, 4) is 0 Å². The second kappa shape index (κ2) is 8.88. The molecule has 1 heterocycles. The molecular weight excluding hydrogens is 286 g/mol. The summed E-state index contributed by atoms with van der Waals surface area (Å²) in [5, 5.41) is 0. The van der Waals surface area contributed by atoms with Gasteiger partial charge in [-0.15, -0.1) is 0 Å². The third kappa shape index (κ3) is 5.36. The van der Waals surface area contributed by atoms with Crippen LogP contribution in [-0.4, -0.2) is 28.6 Å². The number of hydrogen-bond acceptors (Lipinski definition) is 3. The molecule has 0 unspecified atom stereocenters.